The van der Waals surface area contributed by atoms with Crippen molar-refractivity contribution in [2.24, 2.45) is 0 Å². The topological polar surface area (TPSA) is 38.7 Å². The van der Waals surface area contributed by atoms with Gasteiger partial charge < -0.3 is 0 Å². The number of hydrogen-bond donors (Lipinski definition) is 0. The van der Waals surface area contributed by atoms with Gasteiger partial charge in [0.2, 0.25) is 0 Å². The van der Waals surface area contributed by atoms with Crippen molar-refractivity contribution >= 4 is 113 Å². The van der Waals surface area contributed by atoms with Gasteiger partial charge in [0.05, 0.1) is 21.1 Å². The number of para-hydroxylation sites is 1. The summed E-state index contributed by atoms with van der Waals surface area (Å²) in [4.78, 5) is 12.4. The SMILES string of the molecule is Clc1cc(Cl)c2ccc3ccccc3c2n1.Clc1cc2ccccc2c(Cl)n1.Clc1ccc2cccc(Cl)c2n1. The third-order valence-corrected chi connectivity index (χ3v) is 7.43. The van der Waals surface area contributed by atoms with Gasteiger partial charge in [0.25, 0.3) is 0 Å². The average Bonchev–Trinajstić information content (AvgIpc) is 2.94. The molecular weight excluding hydrogens is 627 g/mol. The van der Waals surface area contributed by atoms with Crippen LogP contribution in [-0.4, -0.2) is 15.0 Å². The van der Waals surface area contributed by atoms with E-state index in [0.29, 0.717) is 30.7 Å². The Kier molecular flexibility index (Phi) is 9.12. The third kappa shape index (κ3) is 6.53. The maximum atomic E-state index is 6.14. The van der Waals surface area contributed by atoms with Gasteiger partial charge in [0.15, 0.2) is 0 Å². The van der Waals surface area contributed by atoms with Crippen LogP contribution in [0.4, 0.5) is 0 Å². The first-order chi connectivity index (χ1) is 19.3. The molecule has 3 aromatic heterocycles. The Balaban J connectivity index is 0.000000123. The van der Waals surface area contributed by atoms with Crippen LogP contribution in [0.1, 0.15) is 0 Å². The van der Waals surface area contributed by atoms with Gasteiger partial charge in [-0.2, -0.15) is 0 Å². The minimum Gasteiger partial charge on any atom is -0.235 e. The normalized spacial score (nSPS) is 10.8. The van der Waals surface area contributed by atoms with Crippen LogP contribution in [0.2, 0.25) is 30.7 Å². The summed E-state index contributed by atoms with van der Waals surface area (Å²) in [5, 5.41) is 9.16. The van der Waals surface area contributed by atoms with E-state index in [0.717, 1.165) is 43.4 Å². The molecule has 0 spiro atoms. The molecular formula is C31H17Cl6N3. The summed E-state index contributed by atoms with van der Waals surface area (Å²) in [5.41, 5.74) is 1.61. The molecule has 0 saturated carbocycles. The fourth-order valence-electron chi connectivity index (χ4n) is 4.10. The highest BCUT2D eigenvalue weighted by Crippen LogP contribution is 2.30. The highest BCUT2D eigenvalue weighted by atomic mass is 35.5. The summed E-state index contributed by atoms with van der Waals surface area (Å²) in [6.07, 6.45) is 0. The Morgan fingerprint density at radius 2 is 1.00 bits per heavy atom. The van der Waals surface area contributed by atoms with Crippen molar-refractivity contribution in [1.29, 1.82) is 0 Å². The molecule has 0 aliphatic rings. The second-order valence-electron chi connectivity index (χ2n) is 8.51. The van der Waals surface area contributed by atoms with E-state index in [1.54, 1.807) is 24.3 Å². The van der Waals surface area contributed by atoms with Crippen LogP contribution in [0.15, 0.2) is 103 Å². The zero-order chi connectivity index (χ0) is 28.2. The lowest BCUT2D eigenvalue weighted by Gasteiger charge is -2.04. The van der Waals surface area contributed by atoms with Crippen molar-refractivity contribution in [2.75, 3.05) is 0 Å². The Morgan fingerprint density at radius 1 is 0.375 bits per heavy atom. The second kappa shape index (κ2) is 12.7. The van der Waals surface area contributed by atoms with Crippen LogP contribution in [-0.2, 0) is 0 Å². The monoisotopic (exact) mass is 641 g/mol. The number of nitrogens with zero attached hydrogens (tertiary/aromatic N) is 3. The number of pyridine rings is 3. The van der Waals surface area contributed by atoms with E-state index < -0.39 is 0 Å². The number of aromatic nitrogens is 3. The molecule has 9 heteroatoms. The zero-order valence-corrected chi connectivity index (χ0v) is 25.0. The van der Waals surface area contributed by atoms with Crippen molar-refractivity contribution in [2.45, 2.75) is 0 Å². The van der Waals surface area contributed by atoms with Crippen molar-refractivity contribution in [3.63, 3.8) is 0 Å². The fourth-order valence-corrected chi connectivity index (χ4v) is 5.49. The van der Waals surface area contributed by atoms with Crippen molar-refractivity contribution in [3.8, 4) is 0 Å². The van der Waals surface area contributed by atoms with Gasteiger partial charge in [0.1, 0.15) is 20.6 Å². The molecule has 0 aliphatic carbocycles. The quantitative estimate of drug-likeness (QED) is 0.122. The molecule has 198 valence electrons. The minimum atomic E-state index is 0.425. The van der Waals surface area contributed by atoms with E-state index in [2.05, 4.69) is 15.0 Å². The summed E-state index contributed by atoms with van der Waals surface area (Å²) >= 11 is 35.3. The number of halogens is 6. The Labute approximate surface area is 260 Å². The van der Waals surface area contributed by atoms with Crippen LogP contribution < -0.4 is 0 Å². The van der Waals surface area contributed by atoms with Gasteiger partial charge in [-0.25, -0.2) is 15.0 Å². The molecule has 40 heavy (non-hydrogen) atoms. The maximum absolute atomic E-state index is 6.14. The first kappa shape index (κ1) is 28.6. The smallest absolute Gasteiger partial charge is 0.138 e. The molecule has 0 unspecified atom stereocenters. The summed E-state index contributed by atoms with van der Waals surface area (Å²) in [7, 11) is 0. The summed E-state index contributed by atoms with van der Waals surface area (Å²) in [6, 6.07) is 32.6. The van der Waals surface area contributed by atoms with Crippen LogP contribution in [0.3, 0.4) is 0 Å². The summed E-state index contributed by atoms with van der Waals surface area (Å²) < 4.78 is 0. The van der Waals surface area contributed by atoms with Crippen LogP contribution in [0.5, 0.6) is 0 Å². The Bertz CT molecular complexity index is 1990. The van der Waals surface area contributed by atoms with Gasteiger partial charge in [0, 0.05) is 21.5 Å². The van der Waals surface area contributed by atoms with Gasteiger partial charge >= 0.3 is 0 Å². The predicted octanol–water partition coefficient (Wildman–Crippen LogP) is 11.8. The van der Waals surface area contributed by atoms with E-state index in [9.17, 15) is 0 Å². The Morgan fingerprint density at radius 3 is 1.80 bits per heavy atom. The van der Waals surface area contributed by atoms with E-state index >= 15 is 0 Å². The molecule has 0 aliphatic heterocycles. The average molecular weight is 644 g/mol. The molecule has 3 nitrogen and oxygen atoms in total. The number of benzene rings is 4. The highest BCUT2D eigenvalue weighted by Gasteiger charge is 2.06. The maximum Gasteiger partial charge on any atom is 0.138 e. The van der Waals surface area contributed by atoms with Gasteiger partial charge in [-0.05, 0) is 41.1 Å². The summed E-state index contributed by atoms with van der Waals surface area (Å²) in [6.45, 7) is 0. The van der Waals surface area contributed by atoms with Gasteiger partial charge in [-0.1, -0.05) is 142 Å². The molecule has 4 aromatic carbocycles. The van der Waals surface area contributed by atoms with E-state index in [1.807, 2.05) is 78.9 Å². The first-order valence-electron chi connectivity index (χ1n) is 11.9. The second-order valence-corrected chi connectivity index (χ2v) is 10.8. The molecule has 0 radical (unpaired) electrons. The molecule has 0 saturated heterocycles. The lowest BCUT2D eigenvalue weighted by molar-refractivity contribution is 1.36. The molecule has 3 heterocycles. The van der Waals surface area contributed by atoms with E-state index in [4.69, 9.17) is 69.6 Å². The van der Waals surface area contributed by atoms with Crippen LogP contribution in [0, 0.1) is 0 Å². The van der Waals surface area contributed by atoms with Crippen LogP contribution in [0.25, 0.3) is 43.4 Å². The highest BCUT2D eigenvalue weighted by molar-refractivity contribution is 6.39. The van der Waals surface area contributed by atoms with Crippen molar-refractivity contribution < 1.29 is 0 Å². The van der Waals surface area contributed by atoms with E-state index in [-0.39, 0.29) is 0 Å². The molecule has 0 bridgehead atoms. The van der Waals surface area contributed by atoms with E-state index in [1.165, 1.54) is 0 Å². The number of fused-ring (bicyclic) bond motifs is 5. The molecule has 7 rings (SSSR count). The number of hydrogen-bond acceptors (Lipinski definition) is 3. The molecule has 0 atom stereocenters. The molecule has 7 aromatic rings. The van der Waals surface area contributed by atoms with Gasteiger partial charge in [-0.15, -0.1) is 0 Å². The first-order valence-corrected chi connectivity index (χ1v) is 14.1. The number of rotatable bonds is 0. The molecule has 0 N–H and O–H groups in total. The minimum absolute atomic E-state index is 0.425. The molecule has 0 amide bonds. The van der Waals surface area contributed by atoms with Crippen LogP contribution >= 0.6 is 69.6 Å². The standard InChI is InChI=1S/C13H7Cl2N.2C9H5Cl2N/c14-11-7-12(15)16-13-9-4-2-1-3-8(9)5-6-10(11)13;10-7-3-1-2-6-4-5-8(11)12-9(6)7;10-8-5-6-3-1-2-4-7(6)9(11)12-8/h1-7H;2*1-5H. The molecule has 0 fully saturated rings. The van der Waals surface area contributed by atoms with Gasteiger partial charge in [-0.3, -0.25) is 0 Å². The largest absolute Gasteiger partial charge is 0.235 e. The lowest BCUT2D eigenvalue weighted by atomic mass is 10.1. The predicted molar refractivity (Wildman–Crippen MR) is 173 cm³/mol. The van der Waals surface area contributed by atoms with Crippen molar-refractivity contribution in [1.82, 2.24) is 15.0 Å². The third-order valence-electron chi connectivity index (χ3n) is 5.92. The van der Waals surface area contributed by atoms with Crippen molar-refractivity contribution in [3.05, 3.63) is 134 Å². The Hall–Kier alpha value is -2.89. The lowest BCUT2D eigenvalue weighted by Crippen LogP contribution is -1.83. The zero-order valence-electron chi connectivity index (χ0n) is 20.4. The summed E-state index contributed by atoms with van der Waals surface area (Å²) in [5.74, 6) is 0. The fraction of sp³-hybridized carbons (Fsp3) is 0.